The van der Waals surface area contributed by atoms with Crippen LogP contribution in [0.15, 0.2) is 78.0 Å². The van der Waals surface area contributed by atoms with Gasteiger partial charge in [0.25, 0.3) is 5.91 Å². The molecule has 0 atom stereocenters. The minimum atomic E-state index is -0.381. The van der Waals surface area contributed by atoms with Crippen LogP contribution in [0.1, 0.15) is 34.3 Å². The molecular weight excluding hydrogens is 442 g/mol. The van der Waals surface area contributed by atoms with Crippen LogP contribution in [0.25, 0.3) is 22.2 Å². The molecule has 1 aliphatic heterocycles. The highest BCUT2D eigenvalue weighted by Gasteiger charge is 2.14. The maximum Gasteiger partial charge on any atom is 0.265 e. The zero-order valence-electron chi connectivity index (χ0n) is 18.5. The van der Waals surface area contributed by atoms with E-state index in [1.54, 1.807) is 24.5 Å². The smallest absolute Gasteiger partial charge is 0.265 e. The molecule has 34 heavy (non-hydrogen) atoms. The van der Waals surface area contributed by atoms with E-state index in [-0.39, 0.29) is 5.91 Å². The number of fused-ring (bicyclic) bond motifs is 1. The molecule has 0 spiro atoms. The quantitative estimate of drug-likeness (QED) is 0.153. The molecule has 0 unspecified atom stereocenters. The van der Waals surface area contributed by atoms with Crippen molar-refractivity contribution in [2.45, 2.75) is 17.7 Å². The molecule has 1 saturated heterocycles. The summed E-state index contributed by atoms with van der Waals surface area (Å²) < 4.78 is 2.41. The molecule has 3 N–H and O–H groups in total. The number of hydrazine groups is 1. The number of hydrogen-bond donors (Lipinski definition) is 2. The number of carbonyl (C=O) groups is 1. The molecule has 0 saturated carbocycles. The minimum Gasteiger partial charge on any atom is -0.290 e. The molecule has 1 fully saturated rings. The molecule has 0 bridgehead atoms. The van der Waals surface area contributed by atoms with E-state index in [2.05, 4.69) is 55.8 Å². The van der Waals surface area contributed by atoms with E-state index < -0.39 is 0 Å². The molecule has 2 aromatic heterocycles. The van der Waals surface area contributed by atoms with Crippen LogP contribution in [0.5, 0.6) is 0 Å². The lowest BCUT2D eigenvalue weighted by atomic mass is 10.0. The van der Waals surface area contributed by atoms with Gasteiger partial charge in [-0.15, -0.1) is 0 Å². The van der Waals surface area contributed by atoms with E-state index in [4.69, 9.17) is 5.84 Å². The van der Waals surface area contributed by atoms with Gasteiger partial charge in [0, 0.05) is 52.5 Å². The molecule has 0 radical (unpaired) electrons. The van der Waals surface area contributed by atoms with Crippen molar-refractivity contribution in [2.75, 3.05) is 13.1 Å². The van der Waals surface area contributed by atoms with Crippen molar-refractivity contribution in [3.63, 3.8) is 0 Å². The fourth-order valence-electron chi connectivity index (χ4n) is 3.88. The van der Waals surface area contributed by atoms with Crippen LogP contribution in [0.3, 0.4) is 0 Å². The predicted octanol–water partition coefficient (Wildman–Crippen LogP) is 4.40. The highest BCUT2D eigenvalue weighted by molar-refractivity contribution is 7.97. The summed E-state index contributed by atoms with van der Waals surface area (Å²) in [6, 6.07) is 19.7. The molecule has 2 aromatic carbocycles. The Balaban J connectivity index is 1.34. The number of rotatable bonds is 4. The third-order valence-corrected chi connectivity index (χ3v) is 6.78. The first-order valence-electron chi connectivity index (χ1n) is 11.1. The monoisotopic (exact) mass is 465 g/mol. The molecule has 168 valence electrons. The first-order chi connectivity index (χ1) is 16.7. The summed E-state index contributed by atoms with van der Waals surface area (Å²) in [5, 5.41) is 0.654. The van der Waals surface area contributed by atoms with Gasteiger partial charge in [-0.3, -0.25) is 15.2 Å². The van der Waals surface area contributed by atoms with Gasteiger partial charge in [0.15, 0.2) is 0 Å². The summed E-state index contributed by atoms with van der Waals surface area (Å²) in [6.07, 6.45) is 5.84. The van der Waals surface area contributed by atoms with E-state index in [0.29, 0.717) is 22.2 Å². The Labute approximate surface area is 202 Å². The normalized spacial score (nSPS) is 13.4. The number of amides is 1. The molecule has 7 heteroatoms. The molecule has 3 heterocycles. The summed E-state index contributed by atoms with van der Waals surface area (Å²) in [5.74, 6) is 11.4. The minimum absolute atomic E-state index is 0.381. The highest BCUT2D eigenvalue weighted by atomic mass is 32.2. The third-order valence-electron chi connectivity index (χ3n) is 5.67. The van der Waals surface area contributed by atoms with Crippen LogP contribution in [0, 0.1) is 11.8 Å². The number of benzene rings is 2. The molecular formula is C27H23N5OS. The number of nitrogens with one attached hydrogen (secondary N) is 1. The first kappa shape index (κ1) is 22.1. The lowest BCUT2D eigenvalue weighted by Gasteiger charge is -2.12. The van der Waals surface area contributed by atoms with Crippen molar-refractivity contribution in [1.29, 1.82) is 0 Å². The van der Waals surface area contributed by atoms with Crippen molar-refractivity contribution < 1.29 is 4.79 Å². The SMILES string of the molecule is NNC(=O)c1cc(-c2ccc(C#Cc3ccc(SN4CCCC4)cc3)cc2)nc2ccncc12. The zero-order valence-corrected chi connectivity index (χ0v) is 19.3. The van der Waals surface area contributed by atoms with Gasteiger partial charge in [0.1, 0.15) is 0 Å². The van der Waals surface area contributed by atoms with Crippen LogP contribution in [0.4, 0.5) is 0 Å². The molecule has 6 nitrogen and oxygen atoms in total. The van der Waals surface area contributed by atoms with Crippen molar-refractivity contribution in [3.05, 3.63) is 89.7 Å². The van der Waals surface area contributed by atoms with Crippen LogP contribution >= 0.6 is 11.9 Å². The second-order valence-electron chi connectivity index (χ2n) is 8.00. The largest absolute Gasteiger partial charge is 0.290 e. The number of aromatic nitrogens is 2. The van der Waals surface area contributed by atoms with Crippen LogP contribution in [-0.4, -0.2) is 33.3 Å². The van der Waals surface area contributed by atoms with E-state index in [1.165, 1.54) is 17.7 Å². The lowest BCUT2D eigenvalue weighted by Crippen LogP contribution is -2.30. The second-order valence-corrected chi connectivity index (χ2v) is 9.17. The Kier molecular flexibility index (Phi) is 6.54. The second kappa shape index (κ2) is 10.1. The number of carbonyl (C=O) groups excluding carboxylic acids is 1. The van der Waals surface area contributed by atoms with E-state index in [9.17, 15) is 4.79 Å². The van der Waals surface area contributed by atoms with E-state index >= 15 is 0 Å². The van der Waals surface area contributed by atoms with Crippen LogP contribution in [0.2, 0.25) is 0 Å². The lowest BCUT2D eigenvalue weighted by molar-refractivity contribution is 0.0955. The van der Waals surface area contributed by atoms with Gasteiger partial charge in [-0.05, 0) is 73.3 Å². The van der Waals surface area contributed by atoms with Crippen LogP contribution < -0.4 is 11.3 Å². The van der Waals surface area contributed by atoms with Crippen molar-refractivity contribution in [2.24, 2.45) is 5.84 Å². The Morgan fingerprint density at radius 1 is 0.971 bits per heavy atom. The van der Waals surface area contributed by atoms with Gasteiger partial charge in [0.05, 0.1) is 16.8 Å². The number of nitrogens with two attached hydrogens (primary N) is 1. The number of nitrogen functional groups attached to an aromatic ring is 1. The fraction of sp³-hybridized carbons (Fsp3) is 0.148. The average molecular weight is 466 g/mol. The summed E-state index contributed by atoms with van der Waals surface area (Å²) in [6.45, 7) is 2.32. The number of hydrogen-bond acceptors (Lipinski definition) is 6. The van der Waals surface area contributed by atoms with Gasteiger partial charge in [-0.1, -0.05) is 24.0 Å². The highest BCUT2D eigenvalue weighted by Crippen LogP contribution is 2.27. The summed E-state index contributed by atoms with van der Waals surface area (Å²) in [7, 11) is 0. The Morgan fingerprint density at radius 3 is 2.32 bits per heavy atom. The summed E-state index contributed by atoms with van der Waals surface area (Å²) in [4.78, 5) is 22.3. The van der Waals surface area contributed by atoms with Crippen molar-refractivity contribution in [3.8, 4) is 23.1 Å². The molecule has 1 amide bonds. The van der Waals surface area contributed by atoms with Crippen molar-refractivity contribution >= 4 is 28.8 Å². The van der Waals surface area contributed by atoms with Crippen molar-refractivity contribution in [1.82, 2.24) is 19.7 Å². The zero-order chi connectivity index (χ0) is 23.3. The molecule has 1 aliphatic rings. The molecule has 0 aliphatic carbocycles. The van der Waals surface area contributed by atoms with Gasteiger partial charge in [-0.2, -0.15) is 0 Å². The average Bonchev–Trinajstić information content (AvgIpc) is 3.40. The Hall–Kier alpha value is -3.70. The molecule has 4 aromatic rings. The van der Waals surface area contributed by atoms with E-state index in [0.717, 1.165) is 29.8 Å². The number of nitrogens with zero attached hydrogens (tertiary/aromatic N) is 3. The van der Waals surface area contributed by atoms with Gasteiger partial charge in [0.2, 0.25) is 0 Å². The first-order valence-corrected chi connectivity index (χ1v) is 11.9. The van der Waals surface area contributed by atoms with Gasteiger partial charge >= 0.3 is 0 Å². The maximum absolute atomic E-state index is 12.3. The summed E-state index contributed by atoms with van der Waals surface area (Å²) >= 11 is 1.82. The summed E-state index contributed by atoms with van der Waals surface area (Å²) in [5.41, 5.74) is 6.78. The fourth-order valence-corrected chi connectivity index (χ4v) is 4.88. The molecule has 5 rings (SSSR count). The van der Waals surface area contributed by atoms with Crippen LogP contribution in [-0.2, 0) is 0 Å². The topological polar surface area (TPSA) is 84.1 Å². The Morgan fingerprint density at radius 2 is 1.65 bits per heavy atom. The standard InChI is InChI=1S/C27H23N5OS/c28-31-27(33)23-17-26(30-25-13-14-29-18-24(23)25)21-9-5-19(6-10-21)3-4-20-7-11-22(12-8-20)34-32-15-1-2-16-32/h5-14,17-18H,1-2,15-16,28H2,(H,31,33). The van der Waals surface area contributed by atoms with Gasteiger partial charge in [-0.25, -0.2) is 15.1 Å². The number of pyridine rings is 2. The predicted molar refractivity (Wildman–Crippen MR) is 136 cm³/mol. The Bertz CT molecular complexity index is 1380. The third kappa shape index (κ3) is 4.95. The van der Waals surface area contributed by atoms with Gasteiger partial charge < -0.3 is 0 Å². The van der Waals surface area contributed by atoms with E-state index in [1.807, 2.05) is 36.2 Å². The maximum atomic E-state index is 12.3.